The summed E-state index contributed by atoms with van der Waals surface area (Å²) < 4.78 is 5.51. The highest BCUT2D eigenvalue weighted by Gasteiger charge is 2.41. The van der Waals surface area contributed by atoms with Crippen LogP contribution in [-0.2, 0) is 5.41 Å². The van der Waals surface area contributed by atoms with Crippen LogP contribution in [0.15, 0.2) is 4.52 Å². The summed E-state index contributed by atoms with van der Waals surface area (Å²) in [6.07, 6.45) is 0. The summed E-state index contributed by atoms with van der Waals surface area (Å²) >= 11 is 3.93. The molecular weight excluding hydrogens is 290 g/mol. The zero-order chi connectivity index (χ0) is 15.1. The number of rotatable bonds is 3. The monoisotopic (exact) mass is 315 g/mol. The molecule has 1 aliphatic heterocycles. The molecule has 3 unspecified atom stereocenters. The summed E-state index contributed by atoms with van der Waals surface area (Å²) in [6, 6.07) is 0. The van der Waals surface area contributed by atoms with Gasteiger partial charge in [-0.3, -0.25) is 0 Å². The van der Waals surface area contributed by atoms with E-state index in [9.17, 15) is 0 Å². The third-order valence-corrected chi connectivity index (χ3v) is 7.81. The molecule has 1 saturated heterocycles. The fraction of sp³-hybridized carbons (Fsp3) is 0.857. The molecule has 0 saturated carbocycles. The standard InChI is InChI=1S/C14H25N3OS2/c1-8-9(2)20-10(7-19-8)11-16-12(18-17-11)13(3,4)14(5,6)15/h8-10H,7,15H2,1-6H3. The number of nitrogens with two attached hydrogens (primary N) is 1. The van der Waals surface area contributed by atoms with Crippen molar-refractivity contribution in [3.05, 3.63) is 11.7 Å². The number of hydrogen-bond acceptors (Lipinski definition) is 6. The molecule has 6 heteroatoms. The molecule has 0 bridgehead atoms. The topological polar surface area (TPSA) is 64.9 Å². The lowest BCUT2D eigenvalue weighted by molar-refractivity contribution is 0.222. The maximum atomic E-state index is 6.24. The molecule has 2 heterocycles. The van der Waals surface area contributed by atoms with E-state index < -0.39 is 5.54 Å². The zero-order valence-corrected chi connectivity index (χ0v) is 14.8. The zero-order valence-electron chi connectivity index (χ0n) is 13.1. The van der Waals surface area contributed by atoms with Gasteiger partial charge in [0.25, 0.3) is 0 Å². The first-order valence-corrected chi connectivity index (χ1v) is 9.02. The van der Waals surface area contributed by atoms with Gasteiger partial charge in [0, 0.05) is 21.8 Å². The van der Waals surface area contributed by atoms with E-state index in [1.807, 2.05) is 37.4 Å². The normalized spacial score (nSPS) is 28.6. The summed E-state index contributed by atoms with van der Waals surface area (Å²) in [5.41, 5.74) is 5.48. The molecule has 1 aliphatic rings. The van der Waals surface area contributed by atoms with Gasteiger partial charge in [0.2, 0.25) is 5.89 Å². The van der Waals surface area contributed by atoms with Crippen LogP contribution < -0.4 is 5.73 Å². The van der Waals surface area contributed by atoms with Gasteiger partial charge in [0.1, 0.15) is 0 Å². The molecule has 0 radical (unpaired) electrons. The highest BCUT2D eigenvalue weighted by Crippen LogP contribution is 2.44. The minimum Gasteiger partial charge on any atom is -0.339 e. The Morgan fingerprint density at radius 3 is 2.40 bits per heavy atom. The Kier molecular flexibility index (Phi) is 4.48. The molecule has 0 aliphatic carbocycles. The van der Waals surface area contributed by atoms with Crippen molar-refractivity contribution in [2.75, 3.05) is 5.75 Å². The van der Waals surface area contributed by atoms with Gasteiger partial charge in [-0.1, -0.05) is 19.0 Å². The molecule has 2 N–H and O–H groups in total. The molecule has 1 fully saturated rings. The van der Waals surface area contributed by atoms with Gasteiger partial charge in [-0.15, -0.1) is 11.8 Å². The Bertz CT molecular complexity index is 467. The van der Waals surface area contributed by atoms with Gasteiger partial charge < -0.3 is 10.3 Å². The van der Waals surface area contributed by atoms with Crippen LogP contribution in [-0.4, -0.2) is 31.9 Å². The second kappa shape index (κ2) is 5.54. The minimum absolute atomic E-state index is 0.320. The van der Waals surface area contributed by atoms with Crippen LogP contribution in [0.5, 0.6) is 0 Å². The van der Waals surface area contributed by atoms with Crippen LogP contribution in [0, 0.1) is 0 Å². The minimum atomic E-state index is -0.410. The van der Waals surface area contributed by atoms with Gasteiger partial charge >= 0.3 is 0 Å². The molecule has 2 rings (SSSR count). The summed E-state index contributed by atoms with van der Waals surface area (Å²) in [5, 5.41) is 5.82. The number of thioether (sulfide) groups is 2. The van der Waals surface area contributed by atoms with Gasteiger partial charge in [-0.25, -0.2) is 0 Å². The Morgan fingerprint density at radius 2 is 1.85 bits per heavy atom. The quantitative estimate of drug-likeness (QED) is 0.922. The van der Waals surface area contributed by atoms with Gasteiger partial charge in [0.15, 0.2) is 5.82 Å². The predicted molar refractivity (Wildman–Crippen MR) is 87.3 cm³/mol. The maximum Gasteiger partial charge on any atom is 0.234 e. The highest BCUT2D eigenvalue weighted by atomic mass is 32.2. The van der Waals surface area contributed by atoms with Crippen molar-refractivity contribution in [3.8, 4) is 0 Å². The van der Waals surface area contributed by atoms with E-state index in [0.29, 0.717) is 21.6 Å². The van der Waals surface area contributed by atoms with Crippen LogP contribution in [0.1, 0.15) is 58.5 Å². The molecular formula is C14H25N3OS2. The van der Waals surface area contributed by atoms with Crippen molar-refractivity contribution in [1.29, 1.82) is 0 Å². The van der Waals surface area contributed by atoms with Gasteiger partial charge in [-0.05, 0) is 27.7 Å². The Morgan fingerprint density at radius 1 is 1.20 bits per heavy atom. The third-order valence-electron chi connectivity index (χ3n) is 4.43. The molecule has 0 amide bonds. The van der Waals surface area contributed by atoms with Crippen LogP contribution in [0.4, 0.5) is 0 Å². The molecule has 3 atom stereocenters. The Hall–Kier alpha value is -0.200. The molecule has 20 heavy (non-hydrogen) atoms. The van der Waals surface area contributed by atoms with Crippen molar-refractivity contribution < 1.29 is 4.52 Å². The second-order valence-corrected chi connectivity index (χ2v) is 9.67. The van der Waals surface area contributed by atoms with Gasteiger partial charge in [0.05, 0.1) is 10.7 Å². The summed E-state index contributed by atoms with van der Waals surface area (Å²) in [5.74, 6) is 2.49. The van der Waals surface area contributed by atoms with Crippen LogP contribution in [0.25, 0.3) is 0 Å². The van der Waals surface area contributed by atoms with Crippen molar-refractivity contribution in [1.82, 2.24) is 10.1 Å². The smallest absolute Gasteiger partial charge is 0.234 e. The Labute approximate surface area is 130 Å². The molecule has 114 valence electrons. The fourth-order valence-corrected chi connectivity index (χ4v) is 4.65. The van der Waals surface area contributed by atoms with Crippen molar-refractivity contribution in [2.45, 2.75) is 68.2 Å². The summed E-state index contributed by atoms with van der Waals surface area (Å²) in [7, 11) is 0. The number of aromatic nitrogens is 2. The van der Waals surface area contributed by atoms with E-state index in [2.05, 4.69) is 37.8 Å². The van der Waals surface area contributed by atoms with Crippen LogP contribution in [0.2, 0.25) is 0 Å². The molecule has 1 aromatic heterocycles. The second-order valence-electron chi connectivity index (χ2n) is 6.67. The number of nitrogens with zero attached hydrogens (tertiary/aromatic N) is 2. The lowest BCUT2D eigenvalue weighted by Crippen LogP contribution is -2.50. The van der Waals surface area contributed by atoms with E-state index in [1.165, 1.54) is 0 Å². The fourth-order valence-electron chi connectivity index (χ4n) is 1.81. The van der Waals surface area contributed by atoms with Crippen LogP contribution >= 0.6 is 23.5 Å². The molecule has 1 aromatic rings. The molecule has 0 aromatic carbocycles. The lowest BCUT2D eigenvalue weighted by atomic mass is 9.75. The average molecular weight is 316 g/mol. The SMILES string of the molecule is CC1SCC(c2noc(C(C)(C)C(C)(C)N)n2)SC1C. The van der Waals surface area contributed by atoms with Crippen LogP contribution in [0.3, 0.4) is 0 Å². The lowest BCUT2D eigenvalue weighted by Gasteiger charge is -2.35. The van der Waals surface area contributed by atoms with Crippen molar-refractivity contribution in [3.63, 3.8) is 0 Å². The van der Waals surface area contributed by atoms with E-state index in [0.717, 1.165) is 11.6 Å². The summed E-state index contributed by atoms with van der Waals surface area (Å²) in [4.78, 5) is 4.64. The Balaban J connectivity index is 2.18. The van der Waals surface area contributed by atoms with E-state index >= 15 is 0 Å². The number of hydrogen-bond donors (Lipinski definition) is 1. The first-order valence-electron chi connectivity index (χ1n) is 7.03. The molecule has 0 spiro atoms. The van der Waals surface area contributed by atoms with E-state index in [4.69, 9.17) is 10.3 Å². The summed E-state index contributed by atoms with van der Waals surface area (Å²) in [6.45, 7) is 12.6. The third kappa shape index (κ3) is 3.02. The maximum absolute atomic E-state index is 6.24. The highest BCUT2D eigenvalue weighted by molar-refractivity contribution is 8.07. The first kappa shape index (κ1) is 16.2. The average Bonchev–Trinajstić information content (AvgIpc) is 2.81. The van der Waals surface area contributed by atoms with Crippen molar-refractivity contribution in [2.24, 2.45) is 5.73 Å². The molecule has 4 nitrogen and oxygen atoms in total. The first-order chi connectivity index (χ1) is 9.13. The van der Waals surface area contributed by atoms with Crippen molar-refractivity contribution >= 4 is 23.5 Å². The van der Waals surface area contributed by atoms with E-state index in [1.54, 1.807) is 0 Å². The van der Waals surface area contributed by atoms with E-state index in [-0.39, 0.29) is 5.41 Å². The predicted octanol–water partition coefficient (Wildman–Crippen LogP) is 3.38. The largest absolute Gasteiger partial charge is 0.339 e. The van der Waals surface area contributed by atoms with Gasteiger partial charge in [-0.2, -0.15) is 16.7 Å².